The van der Waals surface area contributed by atoms with E-state index in [-0.39, 0.29) is 10.8 Å². The van der Waals surface area contributed by atoms with Gasteiger partial charge in [-0.05, 0) is 17.7 Å². The highest BCUT2D eigenvalue weighted by Gasteiger charge is 2.12. The average Bonchev–Trinajstić information content (AvgIpc) is 2.61. The quantitative estimate of drug-likeness (QED) is 0.916. The number of rotatable bonds is 4. The zero-order chi connectivity index (χ0) is 14.9. The maximum Gasteiger partial charge on any atom is 0.231 e. The SMILES string of the molecule is CS(=O)(=O)Nc1nn(Cc2ccc(Cl)cc2Cl)cc1Cl. The molecular formula is C11H10Cl3N3O2S. The van der Waals surface area contributed by atoms with Gasteiger partial charge in [0.1, 0.15) is 5.02 Å². The number of aromatic nitrogens is 2. The molecule has 0 saturated carbocycles. The Morgan fingerprint density at radius 3 is 2.55 bits per heavy atom. The van der Waals surface area contributed by atoms with Gasteiger partial charge in [0.2, 0.25) is 10.0 Å². The van der Waals surface area contributed by atoms with Gasteiger partial charge in [-0.1, -0.05) is 40.9 Å². The van der Waals surface area contributed by atoms with E-state index in [1.54, 1.807) is 18.2 Å². The van der Waals surface area contributed by atoms with Gasteiger partial charge in [-0.25, -0.2) is 8.42 Å². The molecule has 2 aromatic rings. The molecule has 1 heterocycles. The first-order valence-electron chi connectivity index (χ1n) is 5.39. The van der Waals surface area contributed by atoms with Crippen LogP contribution in [-0.2, 0) is 16.6 Å². The van der Waals surface area contributed by atoms with E-state index in [1.165, 1.54) is 10.9 Å². The third-order valence-corrected chi connectivity index (χ3v) is 3.77. The molecule has 20 heavy (non-hydrogen) atoms. The van der Waals surface area contributed by atoms with Gasteiger partial charge >= 0.3 is 0 Å². The minimum atomic E-state index is -3.43. The Bertz CT molecular complexity index is 743. The van der Waals surface area contributed by atoms with Crippen LogP contribution in [0.25, 0.3) is 0 Å². The largest absolute Gasteiger partial charge is 0.265 e. The van der Waals surface area contributed by atoms with Crippen molar-refractivity contribution in [2.75, 3.05) is 11.0 Å². The maximum atomic E-state index is 11.2. The van der Waals surface area contributed by atoms with Gasteiger partial charge in [0.25, 0.3) is 0 Å². The van der Waals surface area contributed by atoms with Crippen molar-refractivity contribution >= 4 is 50.6 Å². The van der Waals surface area contributed by atoms with E-state index in [0.29, 0.717) is 16.6 Å². The molecule has 0 saturated heterocycles. The van der Waals surface area contributed by atoms with Gasteiger partial charge in [-0.2, -0.15) is 5.10 Å². The van der Waals surface area contributed by atoms with E-state index in [4.69, 9.17) is 34.8 Å². The topological polar surface area (TPSA) is 64.0 Å². The van der Waals surface area contributed by atoms with Crippen molar-refractivity contribution in [1.82, 2.24) is 9.78 Å². The highest BCUT2D eigenvalue weighted by atomic mass is 35.5. The van der Waals surface area contributed by atoms with Crippen LogP contribution in [0, 0.1) is 0 Å². The Hall–Kier alpha value is -0.950. The van der Waals surface area contributed by atoms with E-state index in [0.717, 1.165) is 11.8 Å². The molecule has 0 aliphatic carbocycles. The minimum Gasteiger partial charge on any atom is -0.265 e. The summed E-state index contributed by atoms with van der Waals surface area (Å²) in [6.45, 7) is 0.348. The van der Waals surface area contributed by atoms with Gasteiger partial charge in [0.05, 0.1) is 12.8 Å². The zero-order valence-electron chi connectivity index (χ0n) is 10.3. The van der Waals surface area contributed by atoms with Crippen LogP contribution in [0.15, 0.2) is 24.4 Å². The standard InChI is InChI=1S/C11H10Cl3N3O2S/c1-20(18,19)16-11-10(14)6-17(15-11)5-7-2-3-8(12)4-9(7)13/h2-4,6H,5H2,1H3,(H,15,16). The molecule has 108 valence electrons. The second kappa shape index (κ2) is 5.81. The molecule has 0 fully saturated rings. The van der Waals surface area contributed by atoms with Gasteiger partial charge in [-0.3, -0.25) is 9.40 Å². The van der Waals surface area contributed by atoms with Gasteiger partial charge < -0.3 is 0 Å². The van der Waals surface area contributed by atoms with Crippen LogP contribution in [-0.4, -0.2) is 24.5 Å². The lowest BCUT2D eigenvalue weighted by Crippen LogP contribution is -2.11. The van der Waals surface area contributed by atoms with Crippen LogP contribution in [0.4, 0.5) is 5.82 Å². The summed E-state index contributed by atoms with van der Waals surface area (Å²) < 4.78 is 26.0. The van der Waals surface area contributed by atoms with Crippen LogP contribution < -0.4 is 4.72 Å². The number of hydrogen-bond donors (Lipinski definition) is 1. The number of nitrogens with zero attached hydrogens (tertiary/aromatic N) is 2. The fourth-order valence-corrected chi connectivity index (χ4v) is 2.77. The second-order valence-electron chi connectivity index (χ2n) is 4.13. The average molecular weight is 355 g/mol. The molecule has 0 aliphatic rings. The van der Waals surface area contributed by atoms with Gasteiger partial charge in [0.15, 0.2) is 5.82 Å². The lowest BCUT2D eigenvalue weighted by atomic mass is 10.2. The predicted molar refractivity (Wildman–Crippen MR) is 81.3 cm³/mol. The number of benzene rings is 1. The van der Waals surface area contributed by atoms with Crippen LogP contribution in [0.3, 0.4) is 0 Å². The molecule has 1 aromatic heterocycles. The van der Waals surface area contributed by atoms with Crippen LogP contribution in [0.2, 0.25) is 15.1 Å². The fraction of sp³-hybridized carbons (Fsp3) is 0.182. The molecule has 1 aromatic carbocycles. The number of anilines is 1. The Morgan fingerprint density at radius 1 is 1.25 bits per heavy atom. The zero-order valence-corrected chi connectivity index (χ0v) is 13.4. The van der Waals surface area contributed by atoms with Crippen molar-refractivity contribution in [3.8, 4) is 0 Å². The normalized spacial score (nSPS) is 11.6. The Morgan fingerprint density at radius 2 is 1.95 bits per heavy atom. The van der Waals surface area contributed by atoms with Crippen molar-refractivity contribution in [3.05, 3.63) is 45.0 Å². The van der Waals surface area contributed by atoms with Crippen molar-refractivity contribution < 1.29 is 8.42 Å². The summed E-state index contributed by atoms with van der Waals surface area (Å²) in [6.07, 6.45) is 2.54. The van der Waals surface area contributed by atoms with E-state index in [1.807, 2.05) is 0 Å². The predicted octanol–water partition coefficient (Wildman–Crippen LogP) is 3.26. The highest BCUT2D eigenvalue weighted by molar-refractivity contribution is 7.92. The van der Waals surface area contributed by atoms with Crippen LogP contribution >= 0.6 is 34.8 Å². The molecule has 0 atom stereocenters. The third kappa shape index (κ3) is 4.02. The van der Waals surface area contributed by atoms with E-state index >= 15 is 0 Å². The maximum absolute atomic E-state index is 11.2. The number of sulfonamides is 1. The molecular weight excluding hydrogens is 345 g/mol. The second-order valence-corrected chi connectivity index (χ2v) is 7.13. The molecule has 0 unspecified atom stereocenters. The molecule has 1 N–H and O–H groups in total. The summed E-state index contributed by atoms with van der Waals surface area (Å²) in [4.78, 5) is 0. The van der Waals surface area contributed by atoms with E-state index in [9.17, 15) is 8.42 Å². The summed E-state index contributed by atoms with van der Waals surface area (Å²) in [5.41, 5.74) is 0.793. The highest BCUT2D eigenvalue weighted by Crippen LogP contribution is 2.24. The summed E-state index contributed by atoms with van der Waals surface area (Å²) in [7, 11) is -3.43. The fourth-order valence-electron chi connectivity index (χ4n) is 1.55. The molecule has 0 amide bonds. The molecule has 0 radical (unpaired) electrons. The van der Waals surface area contributed by atoms with Gasteiger partial charge in [-0.15, -0.1) is 0 Å². The first kappa shape index (κ1) is 15.4. The Labute approximate surface area is 131 Å². The summed E-state index contributed by atoms with van der Waals surface area (Å²) in [5.74, 6) is 0.0826. The van der Waals surface area contributed by atoms with Crippen molar-refractivity contribution in [3.63, 3.8) is 0 Å². The number of nitrogens with one attached hydrogen (secondary N) is 1. The first-order chi connectivity index (χ1) is 9.24. The lowest BCUT2D eigenvalue weighted by Gasteiger charge is -2.05. The van der Waals surface area contributed by atoms with Crippen molar-refractivity contribution in [2.45, 2.75) is 6.54 Å². The summed E-state index contributed by atoms with van der Waals surface area (Å²) >= 11 is 17.8. The summed E-state index contributed by atoms with van der Waals surface area (Å²) in [5, 5.41) is 5.31. The minimum absolute atomic E-state index is 0.0826. The molecule has 5 nitrogen and oxygen atoms in total. The van der Waals surface area contributed by atoms with Crippen LogP contribution in [0.1, 0.15) is 5.56 Å². The number of halogens is 3. The summed E-state index contributed by atoms with van der Waals surface area (Å²) in [6, 6.07) is 5.10. The van der Waals surface area contributed by atoms with Crippen LogP contribution in [0.5, 0.6) is 0 Å². The smallest absolute Gasteiger partial charge is 0.231 e. The van der Waals surface area contributed by atoms with E-state index < -0.39 is 10.0 Å². The lowest BCUT2D eigenvalue weighted by molar-refractivity contribution is 0.606. The first-order valence-corrected chi connectivity index (χ1v) is 8.42. The molecule has 0 aliphatic heterocycles. The van der Waals surface area contributed by atoms with E-state index in [2.05, 4.69) is 9.82 Å². The third-order valence-electron chi connectivity index (χ3n) is 2.35. The molecule has 2 rings (SSSR count). The van der Waals surface area contributed by atoms with Crippen molar-refractivity contribution in [1.29, 1.82) is 0 Å². The molecule has 0 spiro atoms. The van der Waals surface area contributed by atoms with Gasteiger partial charge in [0, 0.05) is 16.2 Å². The Balaban J connectivity index is 2.24. The molecule has 9 heteroatoms. The number of hydrogen-bond acceptors (Lipinski definition) is 3. The monoisotopic (exact) mass is 353 g/mol. The molecule has 0 bridgehead atoms. The van der Waals surface area contributed by atoms with Crippen molar-refractivity contribution in [2.24, 2.45) is 0 Å². The Kier molecular flexibility index (Phi) is 4.49.